The number of urea groups is 1. The molecule has 2 fully saturated rings. The first-order valence-corrected chi connectivity index (χ1v) is 10.7. The van der Waals surface area contributed by atoms with Gasteiger partial charge in [0, 0.05) is 38.4 Å². The second-order valence-corrected chi connectivity index (χ2v) is 8.12. The number of carbonyl (C=O) groups excluding carboxylic acids is 1. The minimum Gasteiger partial charge on any atom is -0.379 e. The van der Waals surface area contributed by atoms with Crippen LogP contribution in [0.3, 0.4) is 0 Å². The number of rotatable bonds is 9. The van der Waals surface area contributed by atoms with E-state index in [1.807, 2.05) is 43.0 Å². The molecule has 1 N–H and O–H groups in total. The zero-order valence-corrected chi connectivity index (χ0v) is 17.8. The molecule has 1 unspecified atom stereocenters. The molecule has 1 aromatic rings. The van der Waals surface area contributed by atoms with E-state index in [9.17, 15) is 4.79 Å². The zero-order chi connectivity index (χ0) is 20.5. The van der Waals surface area contributed by atoms with Crippen molar-refractivity contribution in [2.45, 2.75) is 33.0 Å². The largest absolute Gasteiger partial charge is 0.379 e. The summed E-state index contributed by atoms with van der Waals surface area (Å²) in [5, 5.41) is 3.04. The number of nitrogens with zero attached hydrogens (tertiary/aromatic N) is 2. The quantitative estimate of drug-likeness (QED) is 0.640. The van der Waals surface area contributed by atoms with Gasteiger partial charge in [-0.05, 0) is 43.9 Å². The molecule has 0 saturated carbocycles. The molecule has 2 aliphatic rings. The van der Waals surface area contributed by atoms with E-state index in [2.05, 4.69) is 10.2 Å². The minimum atomic E-state index is -0.0159. The normalized spacial score (nSPS) is 20.4. The lowest BCUT2D eigenvalue weighted by atomic mass is 10.1. The Morgan fingerprint density at radius 2 is 2.07 bits per heavy atom. The van der Waals surface area contributed by atoms with Crippen molar-refractivity contribution < 1.29 is 19.0 Å². The van der Waals surface area contributed by atoms with Crippen LogP contribution < -0.4 is 5.32 Å². The van der Waals surface area contributed by atoms with E-state index >= 15 is 0 Å². The summed E-state index contributed by atoms with van der Waals surface area (Å²) < 4.78 is 16.5. The molecule has 2 heterocycles. The van der Waals surface area contributed by atoms with Crippen molar-refractivity contribution in [1.82, 2.24) is 9.80 Å². The maximum Gasteiger partial charge on any atom is 0.321 e. The van der Waals surface area contributed by atoms with E-state index < -0.39 is 0 Å². The number of ether oxygens (including phenoxy) is 3. The highest BCUT2D eigenvalue weighted by molar-refractivity contribution is 5.89. The number of nitrogens with one attached hydrogen (secondary N) is 1. The van der Waals surface area contributed by atoms with Crippen molar-refractivity contribution in [3.8, 4) is 0 Å². The van der Waals surface area contributed by atoms with E-state index in [4.69, 9.17) is 14.2 Å². The Labute approximate surface area is 174 Å². The highest BCUT2D eigenvalue weighted by Gasteiger charge is 2.28. The molecule has 7 nitrogen and oxygen atoms in total. The van der Waals surface area contributed by atoms with Crippen molar-refractivity contribution in [2.24, 2.45) is 5.92 Å². The molecule has 1 atom stereocenters. The predicted octanol–water partition coefficient (Wildman–Crippen LogP) is 2.81. The lowest BCUT2D eigenvalue weighted by Crippen LogP contribution is -2.40. The molecule has 2 amide bonds. The average Bonchev–Trinajstić information content (AvgIpc) is 3.17. The maximum atomic E-state index is 12.7. The molecule has 7 heteroatoms. The second kappa shape index (κ2) is 11.5. The van der Waals surface area contributed by atoms with Crippen LogP contribution in [0.25, 0.3) is 0 Å². The fourth-order valence-corrected chi connectivity index (χ4v) is 3.79. The van der Waals surface area contributed by atoms with Gasteiger partial charge in [-0.1, -0.05) is 12.1 Å². The van der Waals surface area contributed by atoms with E-state index in [0.29, 0.717) is 25.7 Å². The molecule has 3 rings (SSSR count). The van der Waals surface area contributed by atoms with Gasteiger partial charge >= 0.3 is 6.03 Å². The Bertz CT molecular complexity index is 634. The van der Waals surface area contributed by atoms with Crippen LogP contribution in [0.4, 0.5) is 10.5 Å². The standard InChI is InChI=1S/C22H35N3O4/c1-18(2)29-13-12-28-17-19-4-3-5-21(14-19)23-22(26)25-7-6-20(16-25)15-24-8-10-27-11-9-24/h3-5,14,18,20H,6-13,15-17H2,1-2H3,(H,23,26). The molecule has 0 aliphatic carbocycles. The molecule has 29 heavy (non-hydrogen) atoms. The first-order chi connectivity index (χ1) is 14.1. The lowest BCUT2D eigenvalue weighted by molar-refractivity contribution is 0.0143. The number of benzene rings is 1. The Hall–Kier alpha value is -1.67. The molecular weight excluding hydrogens is 370 g/mol. The molecule has 0 radical (unpaired) electrons. The first kappa shape index (κ1) is 22.0. The maximum absolute atomic E-state index is 12.7. The van der Waals surface area contributed by atoms with Crippen molar-refractivity contribution in [1.29, 1.82) is 0 Å². The number of hydrogen-bond acceptors (Lipinski definition) is 5. The highest BCUT2D eigenvalue weighted by atomic mass is 16.5. The third kappa shape index (κ3) is 7.59. The molecule has 0 aromatic heterocycles. The predicted molar refractivity (Wildman–Crippen MR) is 113 cm³/mol. The summed E-state index contributed by atoms with van der Waals surface area (Å²) in [4.78, 5) is 17.0. The van der Waals surface area contributed by atoms with E-state index in [0.717, 1.165) is 63.6 Å². The Morgan fingerprint density at radius 1 is 1.24 bits per heavy atom. The van der Waals surface area contributed by atoms with Gasteiger partial charge in [0.25, 0.3) is 0 Å². The summed E-state index contributed by atoms with van der Waals surface area (Å²) in [6.45, 7) is 12.0. The van der Waals surface area contributed by atoms with Crippen LogP contribution in [0.15, 0.2) is 24.3 Å². The molecule has 0 bridgehead atoms. The van der Waals surface area contributed by atoms with Gasteiger partial charge in [0.1, 0.15) is 0 Å². The zero-order valence-electron chi connectivity index (χ0n) is 17.8. The van der Waals surface area contributed by atoms with Gasteiger partial charge in [-0.2, -0.15) is 0 Å². The van der Waals surface area contributed by atoms with E-state index in [1.54, 1.807) is 0 Å². The van der Waals surface area contributed by atoms with Crippen LogP contribution in [0.1, 0.15) is 25.8 Å². The molecule has 1 aromatic carbocycles. The molecule has 162 valence electrons. The number of anilines is 1. The van der Waals surface area contributed by atoms with Crippen molar-refractivity contribution in [3.63, 3.8) is 0 Å². The summed E-state index contributed by atoms with van der Waals surface area (Å²) >= 11 is 0. The third-order valence-electron chi connectivity index (χ3n) is 5.32. The van der Waals surface area contributed by atoms with Crippen molar-refractivity contribution in [3.05, 3.63) is 29.8 Å². The monoisotopic (exact) mass is 405 g/mol. The smallest absolute Gasteiger partial charge is 0.321 e. The van der Waals surface area contributed by atoms with Gasteiger partial charge in [-0.25, -0.2) is 4.79 Å². The number of amides is 2. The summed E-state index contributed by atoms with van der Waals surface area (Å²) in [6.07, 6.45) is 1.29. The highest BCUT2D eigenvalue weighted by Crippen LogP contribution is 2.20. The summed E-state index contributed by atoms with van der Waals surface area (Å²) in [6, 6.07) is 7.84. The van der Waals surface area contributed by atoms with Crippen LogP contribution in [0.2, 0.25) is 0 Å². The van der Waals surface area contributed by atoms with Gasteiger partial charge in [-0.3, -0.25) is 4.90 Å². The van der Waals surface area contributed by atoms with Crippen molar-refractivity contribution >= 4 is 11.7 Å². The Kier molecular flexibility index (Phi) is 8.73. The summed E-state index contributed by atoms with van der Waals surface area (Å²) in [5.41, 5.74) is 1.85. The summed E-state index contributed by atoms with van der Waals surface area (Å²) in [7, 11) is 0. The number of carbonyl (C=O) groups is 1. The van der Waals surface area contributed by atoms with Crippen molar-refractivity contribution in [2.75, 3.05) is 64.5 Å². The SMILES string of the molecule is CC(C)OCCOCc1cccc(NC(=O)N2CCC(CN3CCOCC3)C2)c1. The topological polar surface area (TPSA) is 63.3 Å². The van der Waals surface area contributed by atoms with Gasteiger partial charge in [-0.15, -0.1) is 0 Å². The van der Waals surface area contributed by atoms with Gasteiger partial charge in [0.05, 0.1) is 39.1 Å². The van der Waals surface area contributed by atoms with Gasteiger partial charge in [0.15, 0.2) is 0 Å². The number of morpholine rings is 1. The fraction of sp³-hybridized carbons (Fsp3) is 0.682. The van der Waals surface area contributed by atoms with E-state index in [-0.39, 0.29) is 12.1 Å². The Morgan fingerprint density at radius 3 is 2.86 bits per heavy atom. The van der Waals surface area contributed by atoms with Gasteiger partial charge in [0.2, 0.25) is 0 Å². The van der Waals surface area contributed by atoms with Gasteiger partial charge < -0.3 is 24.4 Å². The number of likely N-dealkylation sites (tertiary alicyclic amines) is 1. The van der Waals surface area contributed by atoms with Crippen LogP contribution in [-0.4, -0.2) is 81.1 Å². The van der Waals surface area contributed by atoms with Crippen LogP contribution in [-0.2, 0) is 20.8 Å². The molecular formula is C22H35N3O4. The fourth-order valence-electron chi connectivity index (χ4n) is 3.79. The minimum absolute atomic E-state index is 0.0159. The van der Waals surface area contributed by atoms with E-state index in [1.165, 1.54) is 0 Å². The summed E-state index contributed by atoms with van der Waals surface area (Å²) in [5.74, 6) is 0.548. The van der Waals surface area contributed by atoms with Crippen LogP contribution >= 0.6 is 0 Å². The Balaban J connectivity index is 1.39. The van der Waals surface area contributed by atoms with Crippen LogP contribution in [0, 0.1) is 5.92 Å². The number of hydrogen-bond donors (Lipinski definition) is 1. The molecule has 0 spiro atoms. The molecule has 2 aliphatic heterocycles. The third-order valence-corrected chi connectivity index (χ3v) is 5.32. The van der Waals surface area contributed by atoms with Crippen LogP contribution in [0.5, 0.6) is 0 Å². The molecule has 2 saturated heterocycles. The first-order valence-electron chi connectivity index (χ1n) is 10.7. The lowest BCUT2D eigenvalue weighted by Gasteiger charge is -2.29. The second-order valence-electron chi connectivity index (χ2n) is 8.12. The average molecular weight is 406 g/mol.